The molecule has 1 aliphatic rings. The van der Waals surface area contributed by atoms with E-state index in [-0.39, 0.29) is 10.6 Å². The Hall–Kier alpha value is -0.890. The minimum Gasteiger partial charge on any atom is -0.366 e. The normalized spacial score (nSPS) is 19.8. The second kappa shape index (κ2) is 6.51. The zero-order valence-electron chi connectivity index (χ0n) is 10.9. The van der Waals surface area contributed by atoms with E-state index in [4.69, 9.17) is 0 Å². The number of nitro groups is 1. The molecular formula is C13H18IN3O2. The summed E-state index contributed by atoms with van der Waals surface area (Å²) >= 11 is 2.11. The largest absolute Gasteiger partial charge is 0.366 e. The zero-order valence-corrected chi connectivity index (χ0v) is 13.1. The van der Waals surface area contributed by atoms with Crippen LogP contribution in [0.25, 0.3) is 0 Å². The van der Waals surface area contributed by atoms with Gasteiger partial charge >= 0.3 is 0 Å². The number of rotatable bonds is 3. The zero-order chi connectivity index (χ0) is 13.8. The smallest absolute Gasteiger partial charge is 0.293 e. The SMILES string of the molecule is CN(c1ccc(I)cc1[N+](=O)[O-])C1CCCNCC1. The van der Waals surface area contributed by atoms with Gasteiger partial charge in [0.05, 0.1) is 4.92 Å². The Bertz CT molecular complexity index is 459. The third-order valence-corrected chi connectivity index (χ3v) is 4.28. The average molecular weight is 375 g/mol. The van der Waals surface area contributed by atoms with Gasteiger partial charge in [0.25, 0.3) is 5.69 Å². The van der Waals surface area contributed by atoms with E-state index in [1.165, 1.54) is 0 Å². The molecule has 0 amide bonds. The van der Waals surface area contributed by atoms with Crippen molar-refractivity contribution >= 4 is 34.0 Å². The summed E-state index contributed by atoms with van der Waals surface area (Å²) in [7, 11) is 1.96. The highest BCUT2D eigenvalue weighted by atomic mass is 127. The van der Waals surface area contributed by atoms with Gasteiger partial charge in [0.1, 0.15) is 5.69 Å². The molecule has 104 valence electrons. The van der Waals surface area contributed by atoms with Crippen molar-refractivity contribution in [3.8, 4) is 0 Å². The van der Waals surface area contributed by atoms with Crippen LogP contribution in [0, 0.1) is 13.7 Å². The first kappa shape index (κ1) is 14.5. The Morgan fingerprint density at radius 2 is 2.21 bits per heavy atom. The lowest BCUT2D eigenvalue weighted by molar-refractivity contribution is -0.384. The van der Waals surface area contributed by atoms with Crippen LogP contribution in [0.15, 0.2) is 18.2 Å². The van der Waals surface area contributed by atoms with Crippen LogP contribution < -0.4 is 10.2 Å². The van der Waals surface area contributed by atoms with E-state index in [2.05, 4.69) is 32.8 Å². The number of nitrogens with zero attached hydrogens (tertiary/aromatic N) is 2. The molecule has 1 atom stereocenters. The van der Waals surface area contributed by atoms with Crippen LogP contribution >= 0.6 is 22.6 Å². The third kappa shape index (κ3) is 3.56. The number of anilines is 1. The van der Waals surface area contributed by atoms with Crippen molar-refractivity contribution in [3.05, 3.63) is 31.9 Å². The molecule has 0 bridgehead atoms. The second-order valence-electron chi connectivity index (χ2n) is 4.84. The van der Waals surface area contributed by atoms with E-state index in [0.717, 1.165) is 41.6 Å². The number of halogens is 1. The molecule has 6 heteroatoms. The molecule has 2 rings (SSSR count). The van der Waals surface area contributed by atoms with Crippen LogP contribution in [0.3, 0.4) is 0 Å². The molecule has 0 radical (unpaired) electrons. The van der Waals surface area contributed by atoms with E-state index in [1.54, 1.807) is 6.07 Å². The Kier molecular flexibility index (Phi) is 4.98. The lowest BCUT2D eigenvalue weighted by atomic mass is 10.1. The van der Waals surface area contributed by atoms with E-state index in [0.29, 0.717) is 6.04 Å². The van der Waals surface area contributed by atoms with Gasteiger partial charge in [-0.2, -0.15) is 0 Å². The third-order valence-electron chi connectivity index (χ3n) is 3.61. The van der Waals surface area contributed by atoms with Crippen LogP contribution in [0.1, 0.15) is 19.3 Å². The highest BCUT2D eigenvalue weighted by molar-refractivity contribution is 14.1. The van der Waals surface area contributed by atoms with Gasteiger partial charge in [-0.15, -0.1) is 0 Å². The van der Waals surface area contributed by atoms with Crippen molar-refractivity contribution in [2.75, 3.05) is 25.0 Å². The predicted molar refractivity (Wildman–Crippen MR) is 84.7 cm³/mol. The van der Waals surface area contributed by atoms with Gasteiger partial charge in [-0.25, -0.2) is 0 Å². The van der Waals surface area contributed by atoms with Crippen LogP contribution in [-0.4, -0.2) is 31.1 Å². The minimum atomic E-state index is -0.289. The maximum atomic E-state index is 11.2. The highest BCUT2D eigenvalue weighted by Gasteiger charge is 2.23. The Balaban J connectivity index is 2.26. The molecule has 1 aromatic carbocycles. The summed E-state index contributed by atoms with van der Waals surface area (Å²) in [5.74, 6) is 0. The summed E-state index contributed by atoms with van der Waals surface area (Å²) in [6, 6.07) is 5.79. The first-order valence-electron chi connectivity index (χ1n) is 6.47. The van der Waals surface area contributed by atoms with Crippen molar-refractivity contribution in [2.45, 2.75) is 25.3 Å². The summed E-state index contributed by atoms with van der Waals surface area (Å²) in [6.07, 6.45) is 3.22. The van der Waals surface area contributed by atoms with Crippen LogP contribution in [0.4, 0.5) is 11.4 Å². The average Bonchev–Trinajstić information content (AvgIpc) is 2.66. The molecular weight excluding hydrogens is 357 g/mol. The lowest BCUT2D eigenvalue weighted by Crippen LogP contribution is -2.32. The summed E-state index contributed by atoms with van der Waals surface area (Å²) in [5.41, 5.74) is 0.920. The fraction of sp³-hybridized carbons (Fsp3) is 0.538. The van der Waals surface area contributed by atoms with Crippen LogP contribution in [0.5, 0.6) is 0 Å². The molecule has 0 aromatic heterocycles. The monoisotopic (exact) mass is 375 g/mol. The van der Waals surface area contributed by atoms with Gasteiger partial charge < -0.3 is 10.2 Å². The Morgan fingerprint density at radius 1 is 1.42 bits per heavy atom. The summed E-state index contributed by atoms with van der Waals surface area (Å²) in [6.45, 7) is 2.02. The molecule has 1 fully saturated rings. The van der Waals surface area contributed by atoms with Gasteiger partial charge in [0.15, 0.2) is 0 Å². The minimum absolute atomic E-state index is 0.201. The van der Waals surface area contributed by atoms with Crippen molar-refractivity contribution < 1.29 is 4.92 Å². The van der Waals surface area contributed by atoms with Crippen molar-refractivity contribution in [1.29, 1.82) is 0 Å². The molecule has 1 unspecified atom stereocenters. The number of hydrogen-bond acceptors (Lipinski definition) is 4. The molecule has 0 saturated carbocycles. The fourth-order valence-electron chi connectivity index (χ4n) is 2.53. The molecule has 19 heavy (non-hydrogen) atoms. The maximum Gasteiger partial charge on any atom is 0.293 e. The van der Waals surface area contributed by atoms with Crippen molar-refractivity contribution in [1.82, 2.24) is 5.32 Å². The lowest BCUT2D eigenvalue weighted by Gasteiger charge is -2.28. The van der Waals surface area contributed by atoms with Gasteiger partial charge in [-0.3, -0.25) is 10.1 Å². The van der Waals surface area contributed by atoms with E-state index < -0.39 is 0 Å². The first-order chi connectivity index (χ1) is 9.09. The van der Waals surface area contributed by atoms with E-state index >= 15 is 0 Å². The standard InChI is InChI=1S/C13H18IN3O2/c1-16(11-3-2-7-15-8-6-11)12-5-4-10(14)9-13(12)17(18)19/h4-5,9,11,15H,2-3,6-8H2,1H3. The van der Waals surface area contributed by atoms with Gasteiger partial charge in [-0.1, -0.05) is 0 Å². The number of nitro benzene ring substituents is 1. The summed E-state index contributed by atoms with van der Waals surface area (Å²) in [4.78, 5) is 13.0. The van der Waals surface area contributed by atoms with Crippen LogP contribution in [0.2, 0.25) is 0 Å². The quantitative estimate of drug-likeness (QED) is 0.502. The number of nitrogens with one attached hydrogen (secondary N) is 1. The first-order valence-corrected chi connectivity index (χ1v) is 7.55. The Labute approximate surface area is 126 Å². The summed E-state index contributed by atoms with van der Waals surface area (Å²) in [5, 5.41) is 14.6. The molecule has 1 N–H and O–H groups in total. The van der Waals surface area contributed by atoms with Crippen molar-refractivity contribution in [3.63, 3.8) is 0 Å². The number of benzene rings is 1. The van der Waals surface area contributed by atoms with E-state index in [1.807, 2.05) is 19.2 Å². The number of hydrogen-bond donors (Lipinski definition) is 1. The molecule has 1 heterocycles. The highest BCUT2D eigenvalue weighted by Crippen LogP contribution is 2.31. The predicted octanol–water partition coefficient (Wildman–Crippen LogP) is 2.78. The Morgan fingerprint density at radius 3 is 2.95 bits per heavy atom. The maximum absolute atomic E-state index is 11.2. The van der Waals surface area contributed by atoms with Crippen LogP contribution in [-0.2, 0) is 0 Å². The van der Waals surface area contributed by atoms with E-state index in [9.17, 15) is 10.1 Å². The topological polar surface area (TPSA) is 58.4 Å². The molecule has 1 aromatic rings. The molecule has 0 spiro atoms. The molecule has 1 aliphatic heterocycles. The van der Waals surface area contributed by atoms with Gasteiger partial charge in [-0.05, 0) is 67.1 Å². The molecule has 0 aliphatic carbocycles. The molecule has 5 nitrogen and oxygen atoms in total. The van der Waals surface area contributed by atoms with Gasteiger partial charge in [0, 0.05) is 22.7 Å². The van der Waals surface area contributed by atoms with Crippen molar-refractivity contribution in [2.24, 2.45) is 0 Å². The fourth-order valence-corrected chi connectivity index (χ4v) is 3.00. The molecule has 1 saturated heterocycles. The summed E-state index contributed by atoms with van der Waals surface area (Å²) < 4.78 is 0.893. The van der Waals surface area contributed by atoms with Gasteiger partial charge in [0.2, 0.25) is 0 Å². The second-order valence-corrected chi connectivity index (χ2v) is 6.08.